The van der Waals surface area contributed by atoms with Gasteiger partial charge in [0.2, 0.25) is 0 Å². The number of carbonyl (C=O) groups excluding carboxylic acids is 3. The lowest BCUT2D eigenvalue weighted by atomic mass is 9.78. The summed E-state index contributed by atoms with van der Waals surface area (Å²) in [6.07, 6.45) is 23.9. The van der Waals surface area contributed by atoms with Gasteiger partial charge in [0.05, 0.1) is 164 Å². The van der Waals surface area contributed by atoms with Crippen LogP contribution in [0.4, 0.5) is 0 Å². The van der Waals surface area contributed by atoms with Crippen LogP contribution in [0.3, 0.4) is 0 Å². The molecule has 0 aromatic rings. The Morgan fingerprint density at radius 3 is 1.11 bits per heavy atom. The molecule has 18 heterocycles. The van der Waals surface area contributed by atoms with Gasteiger partial charge in [-0.2, -0.15) is 0 Å². The highest BCUT2D eigenvalue weighted by Crippen LogP contribution is 2.54. The van der Waals surface area contributed by atoms with Gasteiger partial charge in [-0.3, -0.25) is 14.4 Å². The Bertz CT molecular complexity index is 4200. The predicted molar refractivity (Wildman–Crippen MR) is 560 cm³/mol. The Hall–Kier alpha value is -2.36. The molecule has 16 bridgehead atoms. The van der Waals surface area contributed by atoms with Crippen LogP contribution in [-0.2, 0) is 88.9 Å². The van der Waals surface area contributed by atoms with E-state index in [-0.39, 0.29) is 218 Å². The van der Waals surface area contributed by atoms with Gasteiger partial charge >= 0.3 is 0 Å². The van der Waals surface area contributed by atoms with Crippen molar-refractivity contribution < 1.29 is 94.0 Å². The Morgan fingerprint density at radius 1 is 0.370 bits per heavy atom. The van der Waals surface area contributed by atoms with Crippen molar-refractivity contribution in [2.24, 2.45) is 47.3 Å². The molecule has 24 heteroatoms. The zero-order valence-corrected chi connectivity index (χ0v) is 95.8. The largest absolute Gasteiger partial charge is 0.411 e. The lowest BCUT2D eigenvalue weighted by molar-refractivity contribution is -0.251. The number of aliphatic hydroxyl groups excluding tert-OH is 1. The van der Waals surface area contributed by atoms with E-state index >= 15 is 0 Å². The van der Waals surface area contributed by atoms with Gasteiger partial charge in [-0.1, -0.05) is 169 Å². The second kappa shape index (κ2) is 44.8. The molecule has 1 N–H and O–H groups in total. The first-order valence-electron chi connectivity index (χ1n) is 55.0. The molecular formula is C114H194O20Si4. The van der Waals surface area contributed by atoms with Crippen molar-refractivity contribution in [3.05, 3.63) is 72.9 Å². The van der Waals surface area contributed by atoms with Gasteiger partial charge in [0.15, 0.2) is 39.1 Å². The molecule has 18 aliphatic heterocycles. The molecule has 18 rings (SSSR count). The average molecular weight is 2000 g/mol. The van der Waals surface area contributed by atoms with E-state index in [9.17, 15) is 19.5 Å². The molecule has 0 aromatic heterocycles. The molecule has 138 heavy (non-hydrogen) atoms. The summed E-state index contributed by atoms with van der Waals surface area (Å²) < 4.78 is 113. The zero-order chi connectivity index (χ0) is 101. The van der Waals surface area contributed by atoms with Crippen molar-refractivity contribution >= 4 is 50.6 Å². The number of hydrogen-bond acceptors (Lipinski definition) is 20. The minimum atomic E-state index is -2.38. The highest BCUT2D eigenvalue weighted by atomic mass is 28.4. The summed E-state index contributed by atoms with van der Waals surface area (Å²) in [5, 5.41) is 11.4. The first-order chi connectivity index (χ1) is 64.0. The lowest BCUT2D eigenvalue weighted by Crippen LogP contribution is -2.64. The third-order valence-electron chi connectivity index (χ3n) is 37.6. The quantitative estimate of drug-likeness (QED) is 0.142. The third kappa shape index (κ3) is 27.6. The summed E-state index contributed by atoms with van der Waals surface area (Å²) in [6, 6.07) is 0. The summed E-state index contributed by atoms with van der Waals surface area (Å²) in [7, 11) is -9.45. The van der Waals surface area contributed by atoms with Crippen molar-refractivity contribution in [1.82, 2.24) is 0 Å². The van der Waals surface area contributed by atoms with Gasteiger partial charge in [0.1, 0.15) is 23.8 Å². The summed E-state index contributed by atoms with van der Waals surface area (Å²) in [5.74, 6) is 1.50. The summed E-state index contributed by atoms with van der Waals surface area (Å²) >= 11 is 0. The maximum atomic E-state index is 14.6. The fourth-order valence-corrected chi connectivity index (χ4v) is 29.6. The molecule has 12 saturated heterocycles. The fourth-order valence-electron chi connectivity index (χ4n) is 24.3. The van der Waals surface area contributed by atoms with Crippen LogP contribution in [0.25, 0.3) is 0 Å². The Morgan fingerprint density at radius 2 is 0.725 bits per heavy atom. The van der Waals surface area contributed by atoms with Gasteiger partial charge in [-0.05, 0) is 286 Å². The summed E-state index contributed by atoms with van der Waals surface area (Å²) in [5.41, 5.74) is 4.23. The number of Topliss-reactive ketones (excluding diaryl/α,β-unsaturated/α-hetero) is 2. The number of ether oxygens (including phenoxy) is 12. The molecule has 786 valence electrons. The van der Waals surface area contributed by atoms with Crippen LogP contribution < -0.4 is 0 Å². The van der Waals surface area contributed by atoms with Crippen LogP contribution >= 0.6 is 0 Å². The van der Waals surface area contributed by atoms with Crippen molar-refractivity contribution in [3.63, 3.8) is 0 Å². The van der Waals surface area contributed by atoms with Crippen molar-refractivity contribution in [1.29, 1.82) is 0 Å². The number of fused-ring (bicyclic) bond motifs is 4. The Balaban J connectivity index is 0.000000233. The number of allylic oxidation sites excluding steroid dienone is 1. The molecule has 0 spiro atoms. The molecule has 0 radical (unpaired) electrons. The van der Waals surface area contributed by atoms with Crippen LogP contribution in [0.2, 0.25) is 72.5 Å². The van der Waals surface area contributed by atoms with E-state index in [1.165, 1.54) is 0 Å². The molecule has 18 aliphatic rings. The van der Waals surface area contributed by atoms with Gasteiger partial charge in [-0.15, -0.1) is 0 Å². The van der Waals surface area contributed by atoms with Crippen molar-refractivity contribution in [2.45, 2.75) is 581 Å². The minimum Gasteiger partial charge on any atom is -0.411 e. The van der Waals surface area contributed by atoms with Crippen molar-refractivity contribution in [2.75, 3.05) is 0 Å². The number of carbonyl (C=O) groups is 3. The van der Waals surface area contributed by atoms with E-state index in [4.69, 9.17) is 74.5 Å². The molecule has 0 amide bonds. The van der Waals surface area contributed by atoms with E-state index in [2.05, 4.69) is 237 Å². The standard InChI is InChI=1S/C57H98O10Si2.C57H96O10Si2/c2*1-34-28-42-21-24-46-35(2)29-41(60-46)20-18-39(58)19-23-48(66-68(14,15)55(6,7)8)54-53(67-69(16,17)56(9,10)11)38(5)52-47(64-54)25-22-43(62-52)30-40(59)31-45-37(4)49(32-44-26-27-57(12,13)65-44)63-51(45)33-50(61-42)36(34)3/h19,23,34,37-39,41-54,58H,2-3,18,20-22,24-33H2,1,4-17H3;19,23,34,37-38,41-54H,2-3,18,20-22,24-33H2,1,4-17H3/b2*23-19+/t34-,37-,38+,39?,41+,42+,43-,44-,45-,46+,47?,48+,49-,50-,51+,52-,53+,54+;34-,37-,38+,41+,42+,43-,44-,45-,46+,47?,48+,49-,50-,51+,52-,53+,54+/m11/s1. The topological polar surface area (TPSA) is 219 Å². The molecule has 12 fully saturated rings. The highest BCUT2D eigenvalue weighted by Gasteiger charge is 2.59. The molecule has 0 saturated carbocycles. The minimum absolute atomic E-state index is 0.00131. The third-order valence-corrected chi connectivity index (χ3v) is 55.5. The average Bonchev–Trinajstić information content (AvgIpc) is 0.923. The van der Waals surface area contributed by atoms with Crippen LogP contribution in [0, 0.1) is 47.3 Å². The maximum absolute atomic E-state index is 14.6. The normalized spacial score (nSPS) is 42.2. The fraction of sp³-hybridized carbons (Fsp3) is 0.868. The van der Waals surface area contributed by atoms with Crippen LogP contribution in [-0.4, -0.2) is 232 Å². The SMILES string of the molecule is C=C1C[C@@H]2CCC(=O)/C=C/[C@H](O[Si](C)(C)C(C)(C)C)[C@@H]3OC4CC[C@H](CC(=O)C[C@@H]5[C@@H](C)[C@@H](C[C@H]6CCC(C)(C)O6)O[C@H]5C[C@H]5O[C@@H](CC[C@@H]1O2)C[C@@H](C)C5=C)O[C@@H]4[C@H](C)[C@@H]3O[Si](C)(C)C(C)(C)C.C=C1C[C@@H]2CCC(O)/C=C/[C@H](O[Si](C)(C)C(C)(C)C)[C@@H]3OC4CC[C@H](CC(=O)C[C@@H]5[C@@H](C)[C@@H](C[C@H]6CCC(C)(C)O6)O[C@H]5C[C@H]5O[C@@H](CC[C@@H]1O2)C[C@@H](C)C5=C)O[C@@H]4[C@H](C)[C@@H]3O[Si](C)(C)C(C)(C)C. The predicted octanol–water partition coefficient (Wildman–Crippen LogP) is 25.0. The first kappa shape index (κ1) is 113. The van der Waals surface area contributed by atoms with Gasteiger partial charge in [-0.25, -0.2) is 0 Å². The lowest BCUT2D eigenvalue weighted by Gasteiger charge is -2.54. The second-order valence-electron chi connectivity index (χ2n) is 53.5. The number of hydrogen-bond donors (Lipinski definition) is 1. The van der Waals surface area contributed by atoms with Crippen LogP contribution in [0.15, 0.2) is 72.9 Å². The second-order valence-corrected chi connectivity index (χ2v) is 72.6. The van der Waals surface area contributed by atoms with Gasteiger partial charge in [0.25, 0.3) is 0 Å². The van der Waals surface area contributed by atoms with E-state index in [0.29, 0.717) is 69.6 Å². The van der Waals surface area contributed by atoms with E-state index in [1.807, 2.05) is 12.2 Å². The van der Waals surface area contributed by atoms with Gasteiger partial charge in [0, 0.05) is 69.6 Å². The zero-order valence-electron chi connectivity index (χ0n) is 91.8. The Kier molecular flexibility index (Phi) is 36.6. The molecule has 0 aliphatic carbocycles. The number of rotatable bonds is 12. The van der Waals surface area contributed by atoms with E-state index < -0.39 is 63.8 Å². The van der Waals surface area contributed by atoms with Crippen LogP contribution in [0.5, 0.6) is 0 Å². The first-order valence-corrected chi connectivity index (χ1v) is 66.6. The number of ketones is 3. The monoisotopic (exact) mass is 2000 g/mol. The molecule has 20 nitrogen and oxygen atoms in total. The maximum Gasteiger partial charge on any atom is 0.193 e. The molecular weight excluding hydrogens is 1800 g/mol. The smallest absolute Gasteiger partial charge is 0.193 e. The Labute approximate surface area is 840 Å². The molecule has 3 unspecified atom stereocenters. The highest BCUT2D eigenvalue weighted by molar-refractivity contribution is 6.75. The summed E-state index contributed by atoms with van der Waals surface area (Å²) in [4.78, 5) is 43.1. The van der Waals surface area contributed by atoms with Gasteiger partial charge < -0.3 is 79.7 Å². The van der Waals surface area contributed by atoms with E-state index in [1.54, 1.807) is 6.08 Å². The van der Waals surface area contributed by atoms with Crippen molar-refractivity contribution in [3.8, 4) is 0 Å². The molecule has 35 atom stereocenters. The van der Waals surface area contributed by atoms with E-state index in [0.717, 1.165) is 144 Å². The van der Waals surface area contributed by atoms with Crippen LogP contribution in [0.1, 0.15) is 332 Å². The number of aliphatic hydroxyl groups is 1. The summed E-state index contributed by atoms with van der Waals surface area (Å²) in [6.45, 7) is 86.1. The molecule has 0 aromatic carbocycles.